The summed E-state index contributed by atoms with van der Waals surface area (Å²) in [5, 5.41) is 3.93. The molecule has 0 fully saturated rings. The van der Waals surface area contributed by atoms with Gasteiger partial charge >= 0.3 is 0 Å². The maximum Gasteiger partial charge on any atom is 0.130 e. The zero-order chi connectivity index (χ0) is 14.5. The van der Waals surface area contributed by atoms with Crippen molar-refractivity contribution in [3.05, 3.63) is 70.2 Å². The van der Waals surface area contributed by atoms with Gasteiger partial charge in [0, 0.05) is 29.2 Å². The van der Waals surface area contributed by atoms with Crippen molar-refractivity contribution in [3.63, 3.8) is 0 Å². The Morgan fingerprint density at radius 2 is 1.95 bits per heavy atom. The van der Waals surface area contributed by atoms with E-state index in [1.165, 1.54) is 12.1 Å². The molecule has 2 aromatic rings. The van der Waals surface area contributed by atoms with E-state index in [4.69, 9.17) is 11.6 Å². The van der Waals surface area contributed by atoms with Crippen molar-refractivity contribution < 1.29 is 8.78 Å². The maximum atomic E-state index is 13.5. The lowest BCUT2D eigenvalue weighted by Crippen LogP contribution is -2.27. The number of rotatable bonds is 5. The first-order chi connectivity index (χ1) is 9.54. The van der Waals surface area contributed by atoms with Gasteiger partial charge in [0.05, 0.1) is 0 Å². The first kappa shape index (κ1) is 14.9. The minimum atomic E-state index is -0.557. The van der Waals surface area contributed by atoms with Crippen LogP contribution in [-0.4, -0.2) is 6.04 Å². The Morgan fingerprint density at radius 3 is 2.65 bits per heavy atom. The van der Waals surface area contributed by atoms with Gasteiger partial charge in [-0.25, -0.2) is 8.78 Å². The van der Waals surface area contributed by atoms with E-state index in [0.717, 1.165) is 18.1 Å². The molecule has 1 unspecified atom stereocenters. The highest BCUT2D eigenvalue weighted by atomic mass is 35.5. The van der Waals surface area contributed by atoms with Gasteiger partial charge in [-0.3, -0.25) is 0 Å². The molecule has 0 saturated carbocycles. The molecule has 0 aliphatic heterocycles. The summed E-state index contributed by atoms with van der Waals surface area (Å²) in [4.78, 5) is 0. The summed E-state index contributed by atoms with van der Waals surface area (Å²) < 4.78 is 26.3. The number of hydrogen-bond acceptors (Lipinski definition) is 1. The zero-order valence-corrected chi connectivity index (χ0v) is 11.9. The summed E-state index contributed by atoms with van der Waals surface area (Å²) in [6, 6.07) is 11.4. The van der Waals surface area contributed by atoms with Crippen molar-refractivity contribution in [3.8, 4) is 0 Å². The van der Waals surface area contributed by atoms with Crippen LogP contribution >= 0.6 is 11.6 Å². The SMILES string of the molecule is CC(Cc1cccc(Cl)c1)NCc1ccc(F)cc1F. The number of benzene rings is 2. The highest BCUT2D eigenvalue weighted by Gasteiger charge is 2.07. The summed E-state index contributed by atoms with van der Waals surface area (Å²) >= 11 is 5.93. The molecule has 2 rings (SSSR count). The third kappa shape index (κ3) is 4.29. The molecule has 4 heteroatoms. The van der Waals surface area contributed by atoms with Crippen molar-refractivity contribution in [1.29, 1.82) is 0 Å². The van der Waals surface area contributed by atoms with Gasteiger partial charge in [0.25, 0.3) is 0 Å². The van der Waals surface area contributed by atoms with Crippen LogP contribution in [0.5, 0.6) is 0 Å². The van der Waals surface area contributed by atoms with Crippen LogP contribution in [0.1, 0.15) is 18.1 Å². The molecule has 0 saturated heterocycles. The predicted molar refractivity (Wildman–Crippen MR) is 77.8 cm³/mol. The van der Waals surface area contributed by atoms with Crippen LogP contribution in [0.2, 0.25) is 5.02 Å². The fourth-order valence-electron chi connectivity index (χ4n) is 2.04. The topological polar surface area (TPSA) is 12.0 Å². The Balaban J connectivity index is 1.90. The molecular formula is C16H16ClF2N. The molecule has 0 heterocycles. The molecule has 106 valence electrons. The quantitative estimate of drug-likeness (QED) is 0.865. The zero-order valence-electron chi connectivity index (χ0n) is 11.2. The molecule has 20 heavy (non-hydrogen) atoms. The average Bonchev–Trinajstić information content (AvgIpc) is 2.37. The molecule has 0 aromatic heterocycles. The Labute approximate surface area is 122 Å². The van der Waals surface area contributed by atoms with E-state index in [2.05, 4.69) is 5.32 Å². The molecule has 0 aliphatic rings. The Kier molecular flexibility index (Phi) is 5.10. The van der Waals surface area contributed by atoms with Crippen LogP contribution in [0.25, 0.3) is 0 Å². The molecule has 1 N–H and O–H groups in total. The second-order valence-electron chi connectivity index (χ2n) is 4.85. The highest BCUT2D eigenvalue weighted by molar-refractivity contribution is 6.30. The van der Waals surface area contributed by atoms with E-state index >= 15 is 0 Å². The van der Waals surface area contributed by atoms with Gasteiger partial charge in [-0.05, 0) is 37.1 Å². The molecule has 1 nitrogen and oxygen atoms in total. The van der Waals surface area contributed by atoms with E-state index < -0.39 is 11.6 Å². The fourth-order valence-corrected chi connectivity index (χ4v) is 2.25. The molecular weight excluding hydrogens is 280 g/mol. The van der Waals surface area contributed by atoms with Crippen LogP contribution in [0.3, 0.4) is 0 Å². The van der Waals surface area contributed by atoms with Crippen molar-refractivity contribution >= 4 is 11.6 Å². The Morgan fingerprint density at radius 1 is 1.15 bits per heavy atom. The maximum absolute atomic E-state index is 13.5. The monoisotopic (exact) mass is 295 g/mol. The van der Waals surface area contributed by atoms with Gasteiger partial charge in [-0.15, -0.1) is 0 Å². The lowest BCUT2D eigenvalue weighted by atomic mass is 10.1. The van der Waals surface area contributed by atoms with Crippen LogP contribution < -0.4 is 5.32 Å². The highest BCUT2D eigenvalue weighted by Crippen LogP contribution is 2.13. The first-order valence-corrected chi connectivity index (χ1v) is 6.84. The lowest BCUT2D eigenvalue weighted by molar-refractivity contribution is 0.519. The van der Waals surface area contributed by atoms with E-state index in [1.54, 1.807) is 0 Å². The van der Waals surface area contributed by atoms with Gasteiger partial charge < -0.3 is 5.32 Å². The molecule has 0 spiro atoms. The Bertz CT molecular complexity index is 586. The van der Waals surface area contributed by atoms with Gasteiger partial charge in [-0.1, -0.05) is 29.8 Å². The largest absolute Gasteiger partial charge is 0.310 e. The smallest absolute Gasteiger partial charge is 0.130 e. The van der Waals surface area contributed by atoms with Crippen LogP contribution in [0.15, 0.2) is 42.5 Å². The summed E-state index contributed by atoms with van der Waals surface area (Å²) in [6.07, 6.45) is 0.795. The fraction of sp³-hybridized carbons (Fsp3) is 0.250. The number of nitrogens with one attached hydrogen (secondary N) is 1. The molecule has 0 bridgehead atoms. The van der Waals surface area contributed by atoms with Crippen LogP contribution in [0.4, 0.5) is 8.78 Å². The van der Waals surface area contributed by atoms with Crippen molar-refractivity contribution in [2.24, 2.45) is 0 Å². The summed E-state index contributed by atoms with van der Waals surface area (Å²) in [7, 11) is 0. The normalized spacial score (nSPS) is 12.4. The minimum Gasteiger partial charge on any atom is -0.310 e. The predicted octanol–water partition coefficient (Wildman–Crippen LogP) is 4.34. The summed E-state index contributed by atoms with van der Waals surface area (Å²) in [5.41, 5.74) is 1.58. The van der Waals surface area contributed by atoms with Gasteiger partial charge in [0.2, 0.25) is 0 Å². The molecule has 0 amide bonds. The van der Waals surface area contributed by atoms with E-state index in [-0.39, 0.29) is 6.04 Å². The van der Waals surface area contributed by atoms with Crippen molar-refractivity contribution in [2.45, 2.75) is 25.9 Å². The van der Waals surface area contributed by atoms with E-state index in [9.17, 15) is 8.78 Å². The molecule has 0 radical (unpaired) electrons. The van der Waals surface area contributed by atoms with E-state index in [1.807, 2.05) is 31.2 Å². The third-order valence-corrected chi connectivity index (χ3v) is 3.32. The van der Waals surface area contributed by atoms with Gasteiger partial charge in [0.1, 0.15) is 11.6 Å². The standard InChI is InChI=1S/C16H16ClF2N/c1-11(7-12-3-2-4-14(17)8-12)20-10-13-5-6-15(18)9-16(13)19/h2-6,8-9,11,20H,7,10H2,1H3. The van der Waals surface area contributed by atoms with Crippen LogP contribution in [-0.2, 0) is 13.0 Å². The lowest BCUT2D eigenvalue weighted by Gasteiger charge is -2.14. The van der Waals surface area contributed by atoms with Crippen molar-refractivity contribution in [1.82, 2.24) is 5.32 Å². The second-order valence-corrected chi connectivity index (χ2v) is 5.29. The summed E-state index contributed by atoms with van der Waals surface area (Å²) in [5.74, 6) is -1.08. The third-order valence-electron chi connectivity index (χ3n) is 3.09. The Hall–Kier alpha value is -1.45. The molecule has 0 aliphatic carbocycles. The van der Waals surface area contributed by atoms with Gasteiger partial charge in [-0.2, -0.15) is 0 Å². The van der Waals surface area contributed by atoms with Gasteiger partial charge in [0.15, 0.2) is 0 Å². The molecule has 1 atom stereocenters. The summed E-state index contributed by atoms with van der Waals surface area (Å²) in [6.45, 7) is 2.39. The van der Waals surface area contributed by atoms with Crippen molar-refractivity contribution in [2.75, 3.05) is 0 Å². The second kappa shape index (κ2) is 6.82. The number of halogens is 3. The number of hydrogen-bond donors (Lipinski definition) is 1. The molecule has 2 aromatic carbocycles. The van der Waals surface area contributed by atoms with E-state index in [0.29, 0.717) is 17.1 Å². The van der Waals surface area contributed by atoms with Crippen LogP contribution in [0, 0.1) is 11.6 Å². The minimum absolute atomic E-state index is 0.165. The average molecular weight is 296 g/mol. The first-order valence-electron chi connectivity index (χ1n) is 6.46.